The van der Waals surface area contributed by atoms with E-state index in [1.54, 1.807) is 0 Å². The minimum atomic E-state index is 0.744. The topological polar surface area (TPSA) is 28.7 Å². The monoisotopic (exact) mass is 248 g/mol. The van der Waals surface area contributed by atoms with Crippen LogP contribution in [-0.2, 0) is 6.42 Å². The first-order chi connectivity index (χ1) is 8.33. The third kappa shape index (κ3) is 2.32. The van der Waals surface area contributed by atoms with Crippen LogP contribution in [0.1, 0.15) is 37.9 Å². The molecule has 1 N–H and O–H groups in total. The van der Waals surface area contributed by atoms with Crippen molar-refractivity contribution >= 4 is 22.6 Å². The fourth-order valence-corrected chi connectivity index (χ4v) is 3.03. The number of fused-ring (bicyclic) bond motifs is 1. The standard InChI is InChI=1S/C14H17ClN2/c15-11-7-4-8-12-14(11)17-13(16-12)9-10-5-2-1-3-6-10/h4,7-8,10H,1-3,5-6,9H2,(H,16,17). The van der Waals surface area contributed by atoms with Crippen molar-refractivity contribution in [2.24, 2.45) is 5.92 Å². The van der Waals surface area contributed by atoms with Gasteiger partial charge in [-0.1, -0.05) is 49.8 Å². The average molecular weight is 249 g/mol. The molecule has 0 unspecified atom stereocenters. The molecule has 0 saturated heterocycles. The lowest BCUT2D eigenvalue weighted by molar-refractivity contribution is 0.352. The minimum Gasteiger partial charge on any atom is -0.342 e. The number of hydrogen-bond donors (Lipinski definition) is 1. The van der Waals surface area contributed by atoms with E-state index in [0.717, 1.165) is 34.2 Å². The summed E-state index contributed by atoms with van der Waals surface area (Å²) >= 11 is 6.13. The van der Waals surface area contributed by atoms with Gasteiger partial charge in [-0.3, -0.25) is 0 Å². The number of hydrogen-bond acceptors (Lipinski definition) is 1. The largest absolute Gasteiger partial charge is 0.342 e. The molecule has 0 aliphatic heterocycles. The number of H-pyrrole nitrogens is 1. The summed E-state index contributed by atoms with van der Waals surface area (Å²) in [6.45, 7) is 0. The highest BCUT2D eigenvalue weighted by molar-refractivity contribution is 6.34. The fraction of sp³-hybridized carbons (Fsp3) is 0.500. The third-order valence-corrected chi connectivity index (χ3v) is 4.02. The van der Waals surface area contributed by atoms with Crippen LogP contribution in [0.15, 0.2) is 18.2 Å². The van der Waals surface area contributed by atoms with Crippen LogP contribution in [0.3, 0.4) is 0 Å². The van der Waals surface area contributed by atoms with Crippen molar-refractivity contribution in [2.75, 3.05) is 0 Å². The van der Waals surface area contributed by atoms with Gasteiger partial charge in [-0.2, -0.15) is 0 Å². The number of rotatable bonds is 2. The Bertz CT molecular complexity index is 512. The molecule has 0 amide bonds. The Morgan fingerprint density at radius 3 is 2.82 bits per heavy atom. The van der Waals surface area contributed by atoms with Gasteiger partial charge in [0.25, 0.3) is 0 Å². The number of halogens is 1. The zero-order valence-electron chi connectivity index (χ0n) is 9.88. The number of para-hydroxylation sites is 1. The highest BCUT2D eigenvalue weighted by atomic mass is 35.5. The van der Waals surface area contributed by atoms with Crippen LogP contribution in [0.5, 0.6) is 0 Å². The molecule has 17 heavy (non-hydrogen) atoms. The van der Waals surface area contributed by atoms with Crippen molar-refractivity contribution in [2.45, 2.75) is 38.5 Å². The van der Waals surface area contributed by atoms with Crippen molar-refractivity contribution < 1.29 is 0 Å². The molecule has 3 rings (SSSR count). The van der Waals surface area contributed by atoms with Gasteiger partial charge >= 0.3 is 0 Å². The first-order valence-corrected chi connectivity index (χ1v) is 6.84. The van der Waals surface area contributed by atoms with E-state index in [-0.39, 0.29) is 0 Å². The van der Waals surface area contributed by atoms with Gasteiger partial charge in [-0.15, -0.1) is 0 Å². The molecule has 1 aliphatic rings. The normalized spacial score (nSPS) is 17.7. The van der Waals surface area contributed by atoms with Crippen molar-refractivity contribution in [3.63, 3.8) is 0 Å². The van der Waals surface area contributed by atoms with E-state index in [1.165, 1.54) is 32.1 Å². The molecular formula is C14H17ClN2. The summed E-state index contributed by atoms with van der Waals surface area (Å²) in [7, 11) is 0. The highest BCUT2D eigenvalue weighted by Gasteiger charge is 2.16. The summed E-state index contributed by atoms with van der Waals surface area (Å²) in [6.07, 6.45) is 7.94. The number of aromatic nitrogens is 2. The van der Waals surface area contributed by atoms with Crippen LogP contribution in [0.25, 0.3) is 11.0 Å². The fourth-order valence-electron chi connectivity index (χ4n) is 2.81. The molecule has 0 spiro atoms. The molecule has 3 heteroatoms. The zero-order valence-corrected chi connectivity index (χ0v) is 10.6. The van der Waals surface area contributed by atoms with Crippen molar-refractivity contribution in [3.8, 4) is 0 Å². The van der Waals surface area contributed by atoms with Gasteiger partial charge in [-0.25, -0.2) is 4.98 Å². The van der Waals surface area contributed by atoms with E-state index in [2.05, 4.69) is 9.97 Å². The van der Waals surface area contributed by atoms with Gasteiger partial charge in [-0.05, 0) is 18.1 Å². The molecular weight excluding hydrogens is 232 g/mol. The molecule has 1 aromatic heterocycles. The Kier molecular flexibility index (Phi) is 3.06. The van der Waals surface area contributed by atoms with E-state index >= 15 is 0 Å². The van der Waals surface area contributed by atoms with Crippen molar-refractivity contribution in [1.82, 2.24) is 9.97 Å². The van der Waals surface area contributed by atoms with Gasteiger partial charge in [0.15, 0.2) is 0 Å². The Balaban J connectivity index is 1.83. The van der Waals surface area contributed by atoms with Crippen LogP contribution < -0.4 is 0 Å². The van der Waals surface area contributed by atoms with Gasteiger partial charge < -0.3 is 4.98 Å². The molecule has 90 valence electrons. The molecule has 1 aromatic carbocycles. The summed E-state index contributed by atoms with van der Waals surface area (Å²) in [6, 6.07) is 5.90. The number of nitrogens with one attached hydrogen (secondary N) is 1. The van der Waals surface area contributed by atoms with Gasteiger partial charge in [0, 0.05) is 6.42 Å². The lowest BCUT2D eigenvalue weighted by Gasteiger charge is -2.20. The van der Waals surface area contributed by atoms with Crippen LogP contribution in [0.2, 0.25) is 5.02 Å². The predicted molar refractivity (Wildman–Crippen MR) is 71.4 cm³/mol. The minimum absolute atomic E-state index is 0.744. The number of imidazole rings is 1. The van der Waals surface area contributed by atoms with Gasteiger partial charge in [0.2, 0.25) is 0 Å². The summed E-state index contributed by atoms with van der Waals surface area (Å²) < 4.78 is 0. The lowest BCUT2D eigenvalue weighted by atomic mass is 9.87. The molecule has 1 saturated carbocycles. The Morgan fingerprint density at radius 1 is 1.24 bits per heavy atom. The molecule has 1 heterocycles. The maximum Gasteiger partial charge on any atom is 0.107 e. The van der Waals surface area contributed by atoms with Crippen molar-refractivity contribution in [1.29, 1.82) is 0 Å². The molecule has 0 atom stereocenters. The number of aromatic amines is 1. The maximum atomic E-state index is 6.13. The number of nitrogens with zero attached hydrogens (tertiary/aromatic N) is 1. The number of benzene rings is 1. The highest BCUT2D eigenvalue weighted by Crippen LogP contribution is 2.27. The van der Waals surface area contributed by atoms with Crippen molar-refractivity contribution in [3.05, 3.63) is 29.0 Å². The van der Waals surface area contributed by atoms with Crippen LogP contribution in [0, 0.1) is 5.92 Å². The predicted octanol–water partition coefficient (Wildman–Crippen LogP) is 4.34. The SMILES string of the molecule is Clc1cccc2[nH]c(CC3CCCCC3)nc12. The molecule has 1 fully saturated rings. The first kappa shape index (κ1) is 11.1. The average Bonchev–Trinajstić information content (AvgIpc) is 2.74. The molecule has 0 bridgehead atoms. The van der Waals surface area contributed by atoms with E-state index in [9.17, 15) is 0 Å². The quantitative estimate of drug-likeness (QED) is 0.842. The Morgan fingerprint density at radius 2 is 2.06 bits per heavy atom. The summed E-state index contributed by atoms with van der Waals surface area (Å²) in [5, 5.41) is 0.744. The smallest absolute Gasteiger partial charge is 0.107 e. The van der Waals surface area contributed by atoms with Crippen LogP contribution >= 0.6 is 11.6 Å². The lowest BCUT2D eigenvalue weighted by Crippen LogP contribution is -2.10. The first-order valence-electron chi connectivity index (χ1n) is 6.46. The molecule has 2 nitrogen and oxygen atoms in total. The van der Waals surface area contributed by atoms with E-state index in [0.29, 0.717) is 0 Å². The second kappa shape index (κ2) is 4.69. The second-order valence-corrected chi connectivity index (χ2v) is 5.43. The van der Waals surface area contributed by atoms with Gasteiger partial charge in [0.1, 0.15) is 11.3 Å². The third-order valence-electron chi connectivity index (χ3n) is 3.72. The Hall–Kier alpha value is -1.02. The molecule has 2 aromatic rings. The van der Waals surface area contributed by atoms with E-state index in [1.807, 2.05) is 18.2 Å². The zero-order chi connectivity index (χ0) is 11.7. The van der Waals surface area contributed by atoms with E-state index < -0.39 is 0 Å². The van der Waals surface area contributed by atoms with E-state index in [4.69, 9.17) is 11.6 Å². The van der Waals surface area contributed by atoms with Crippen LogP contribution in [-0.4, -0.2) is 9.97 Å². The molecule has 0 radical (unpaired) electrons. The van der Waals surface area contributed by atoms with Crippen LogP contribution in [0.4, 0.5) is 0 Å². The summed E-state index contributed by atoms with van der Waals surface area (Å²) in [5.74, 6) is 1.91. The second-order valence-electron chi connectivity index (χ2n) is 5.03. The van der Waals surface area contributed by atoms with Gasteiger partial charge in [0.05, 0.1) is 10.5 Å². The molecule has 1 aliphatic carbocycles. The maximum absolute atomic E-state index is 6.13. The summed E-state index contributed by atoms with van der Waals surface area (Å²) in [4.78, 5) is 8.01. The Labute approximate surface area is 106 Å². The summed E-state index contributed by atoms with van der Waals surface area (Å²) in [5.41, 5.74) is 1.98.